The van der Waals surface area contributed by atoms with Crippen molar-refractivity contribution in [1.82, 2.24) is 0 Å². The topological polar surface area (TPSA) is 0 Å². The third-order valence-electron chi connectivity index (χ3n) is 9.19. The molecule has 2 aliphatic rings. The molecule has 0 spiro atoms. The van der Waals surface area contributed by atoms with Crippen molar-refractivity contribution in [1.29, 1.82) is 0 Å². The van der Waals surface area contributed by atoms with E-state index in [4.69, 9.17) is 0 Å². The van der Waals surface area contributed by atoms with Crippen molar-refractivity contribution in [3.05, 3.63) is 130 Å². The van der Waals surface area contributed by atoms with Crippen molar-refractivity contribution >= 4 is 43.9 Å². The quantitative estimate of drug-likeness (QED) is 0.172. The summed E-state index contributed by atoms with van der Waals surface area (Å²) in [5.41, 5.74) is 14.8. The molecule has 4 aromatic carbocycles. The minimum absolute atomic E-state index is 0. The van der Waals surface area contributed by atoms with Gasteiger partial charge in [0.1, 0.15) is 0 Å². The summed E-state index contributed by atoms with van der Waals surface area (Å²) >= 11 is -3.70. The molecule has 2 atom stereocenters. The van der Waals surface area contributed by atoms with Crippen LogP contribution >= 0.6 is 24.8 Å². The molecule has 0 heterocycles. The van der Waals surface area contributed by atoms with Crippen LogP contribution in [0.15, 0.2) is 108 Å². The summed E-state index contributed by atoms with van der Waals surface area (Å²) in [5, 5.41) is 0. The average Bonchev–Trinajstić information content (AvgIpc) is 3.53. The van der Waals surface area contributed by atoms with Gasteiger partial charge >= 0.3 is 232 Å². The van der Waals surface area contributed by atoms with Crippen molar-refractivity contribution in [3.8, 4) is 22.3 Å². The maximum Gasteiger partial charge on any atom is -0.147 e. The zero-order valence-electron chi connectivity index (χ0n) is 24.0. The van der Waals surface area contributed by atoms with E-state index < -0.39 is 17.1 Å². The molecule has 0 saturated carbocycles. The largest absolute Gasteiger partial charge is 0.147 e. The van der Waals surface area contributed by atoms with Crippen LogP contribution in [0.1, 0.15) is 56.3 Å². The number of fused-ring (bicyclic) bond motifs is 2. The molecule has 4 aromatic rings. The summed E-state index contributed by atoms with van der Waals surface area (Å²) in [5.74, 6) is 0. The normalized spacial score (nSPS) is 17.6. The maximum atomic E-state index is 2.77. The van der Waals surface area contributed by atoms with Gasteiger partial charge in [0.2, 0.25) is 0 Å². The van der Waals surface area contributed by atoms with Crippen molar-refractivity contribution in [2.45, 2.75) is 43.4 Å². The Hall–Kier alpha value is -1.97. The van der Waals surface area contributed by atoms with E-state index in [2.05, 4.69) is 139 Å². The van der Waals surface area contributed by atoms with E-state index in [0.717, 1.165) is 12.8 Å². The fourth-order valence-electron chi connectivity index (χ4n) is 7.69. The number of allylic oxidation sites excluding steroid dienone is 2. The zero-order valence-corrected chi connectivity index (χ0v) is 30.6. The Kier molecular flexibility index (Phi) is 9.08. The molecular formula is C36H40Cl2HfSi. The predicted molar refractivity (Wildman–Crippen MR) is 181 cm³/mol. The molecule has 0 aromatic heterocycles. The molecular weight excluding hydrogens is 710 g/mol. The van der Waals surface area contributed by atoms with Gasteiger partial charge in [-0.25, -0.2) is 0 Å². The molecule has 0 bridgehead atoms. The fraction of sp³-hybridized carbons (Fsp3) is 0.222. The van der Waals surface area contributed by atoms with Gasteiger partial charge in [0.25, 0.3) is 0 Å². The summed E-state index contributed by atoms with van der Waals surface area (Å²) < 4.78 is 6.68. The van der Waals surface area contributed by atoms with Gasteiger partial charge in [-0.3, -0.25) is 0 Å². The second-order valence-corrected chi connectivity index (χ2v) is 55.8. The molecule has 6 rings (SSSR count). The second-order valence-electron chi connectivity index (χ2n) is 12.3. The maximum absolute atomic E-state index is 3.70. The predicted octanol–water partition coefficient (Wildman–Crippen LogP) is 10.6. The molecule has 206 valence electrons. The van der Waals surface area contributed by atoms with Crippen molar-refractivity contribution in [2.24, 2.45) is 0 Å². The van der Waals surface area contributed by atoms with E-state index in [1.807, 2.05) is 0 Å². The Bertz CT molecular complexity index is 1540. The summed E-state index contributed by atoms with van der Waals surface area (Å²) in [6.45, 7) is 7.21. The second kappa shape index (κ2) is 11.7. The van der Waals surface area contributed by atoms with Gasteiger partial charge in [-0.1, -0.05) is 0 Å². The van der Waals surface area contributed by atoms with Crippen LogP contribution in [0.5, 0.6) is 0 Å². The Morgan fingerprint density at radius 2 is 0.925 bits per heavy atom. The monoisotopic (exact) mass is 750 g/mol. The van der Waals surface area contributed by atoms with E-state index in [-0.39, 0.29) is 24.8 Å². The van der Waals surface area contributed by atoms with Gasteiger partial charge in [0, 0.05) is 0 Å². The van der Waals surface area contributed by atoms with Crippen LogP contribution in [0.4, 0.5) is 0 Å². The van der Waals surface area contributed by atoms with Gasteiger partial charge in [0.05, 0.1) is 0 Å². The van der Waals surface area contributed by atoms with Crippen molar-refractivity contribution in [2.75, 3.05) is 0 Å². The zero-order chi connectivity index (χ0) is 26.5. The Morgan fingerprint density at radius 1 is 0.550 bits per heavy atom. The Balaban J connectivity index is 0.00000185. The molecule has 0 radical (unpaired) electrons. The van der Waals surface area contributed by atoms with E-state index in [1.54, 1.807) is 22.3 Å². The third kappa shape index (κ3) is 5.00. The SMILES string of the molecule is CCC1=Cc2c(-c3ccccc3)cccc2[CH]1[Hf]([CH3])([CH3])(=[SiH2])[CH]1C(CC)=Cc2c(-c3ccccc3)cccc21.Cl.Cl. The number of benzene rings is 4. The first-order valence-electron chi connectivity index (χ1n) is 14.2. The molecule has 0 amide bonds. The van der Waals surface area contributed by atoms with Crippen LogP contribution in [-0.2, 0) is 17.1 Å². The van der Waals surface area contributed by atoms with Gasteiger partial charge in [0.15, 0.2) is 0 Å². The van der Waals surface area contributed by atoms with Crippen LogP contribution in [0, 0.1) is 0 Å². The first kappa shape index (κ1) is 31.0. The molecule has 0 fully saturated rings. The molecule has 4 heteroatoms. The van der Waals surface area contributed by atoms with Gasteiger partial charge in [-0.2, -0.15) is 0 Å². The molecule has 2 unspecified atom stereocenters. The third-order valence-corrected chi connectivity index (χ3v) is 34.4. The molecule has 40 heavy (non-hydrogen) atoms. The molecule has 0 saturated heterocycles. The minimum Gasteiger partial charge on any atom is -0.147 e. The number of halogens is 2. The van der Waals surface area contributed by atoms with Gasteiger partial charge < -0.3 is 0 Å². The van der Waals surface area contributed by atoms with Crippen molar-refractivity contribution < 1.29 is 17.1 Å². The fourth-order valence-corrected chi connectivity index (χ4v) is 36.7. The number of hydrogen-bond donors (Lipinski definition) is 0. The van der Waals surface area contributed by atoms with E-state index in [0.29, 0.717) is 7.35 Å². The van der Waals surface area contributed by atoms with E-state index >= 15 is 0 Å². The van der Waals surface area contributed by atoms with Crippen molar-refractivity contribution in [3.63, 3.8) is 0 Å². The molecule has 0 nitrogen and oxygen atoms in total. The smallest absolute Gasteiger partial charge is 0.147 e. The summed E-state index contributed by atoms with van der Waals surface area (Å²) in [6, 6.07) is 36.1. The summed E-state index contributed by atoms with van der Waals surface area (Å²) in [4.78, 5) is 0. The molecule has 2 aliphatic carbocycles. The summed E-state index contributed by atoms with van der Waals surface area (Å²) in [7, 11) is 0. The Labute approximate surface area is 255 Å². The number of hydrogen-bond acceptors (Lipinski definition) is 0. The minimum atomic E-state index is -3.70. The van der Waals surface area contributed by atoms with Gasteiger partial charge in [-0.15, -0.1) is 24.8 Å². The standard InChI is InChI=1S/2C17H15.2CH3.2ClH.Hf.H2Si/c2*1-2-13-11-15-9-6-10-16(17(15)12-13)14-7-4-3-5-8-14;;;;;;/h2*3-12H,2H2,1H3;2*1H3;2*1H;;1H2. The molecule has 0 N–H and O–H groups in total. The van der Waals surface area contributed by atoms with Crippen LogP contribution in [0.2, 0.25) is 9.36 Å². The molecule has 0 aliphatic heterocycles. The van der Waals surface area contributed by atoms with Crippen LogP contribution in [0.3, 0.4) is 0 Å². The van der Waals surface area contributed by atoms with Gasteiger partial charge in [-0.05, 0) is 0 Å². The number of rotatable bonds is 6. The Morgan fingerprint density at radius 3 is 1.27 bits per heavy atom. The van der Waals surface area contributed by atoms with E-state index in [9.17, 15) is 0 Å². The van der Waals surface area contributed by atoms with Crippen LogP contribution < -0.4 is 0 Å². The van der Waals surface area contributed by atoms with E-state index in [1.165, 1.54) is 33.4 Å². The van der Waals surface area contributed by atoms with Crippen LogP contribution in [0.25, 0.3) is 34.4 Å². The average molecular weight is 750 g/mol. The van der Waals surface area contributed by atoms with Crippen LogP contribution in [-0.4, -0.2) is 6.94 Å². The first-order valence-corrected chi connectivity index (χ1v) is 33.8. The summed E-state index contributed by atoms with van der Waals surface area (Å²) in [6.07, 6.45) is 7.39. The first-order chi connectivity index (χ1) is 18.3.